The van der Waals surface area contributed by atoms with Gasteiger partial charge in [-0.15, -0.1) is 0 Å². The van der Waals surface area contributed by atoms with Crippen LogP contribution in [0.5, 0.6) is 0 Å². The molecule has 1 fully saturated rings. The summed E-state index contributed by atoms with van der Waals surface area (Å²) < 4.78 is 0. The summed E-state index contributed by atoms with van der Waals surface area (Å²) in [5.74, 6) is 0. The molecule has 12 heavy (non-hydrogen) atoms. The SMILES string of the molecule is O=C(S)N(O)C1CNCCC1O. The van der Waals surface area contributed by atoms with Crippen LogP contribution in [0.4, 0.5) is 4.79 Å². The number of nitrogens with one attached hydrogen (secondary N) is 1. The van der Waals surface area contributed by atoms with Gasteiger partial charge < -0.3 is 10.4 Å². The van der Waals surface area contributed by atoms with Crippen LogP contribution >= 0.6 is 12.6 Å². The summed E-state index contributed by atoms with van der Waals surface area (Å²) in [6, 6.07) is -0.580. The summed E-state index contributed by atoms with van der Waals surface area (Å²) in [5.41, 5.74) is 0. The Hall–Kier alpha value is -0.300. The van der Waals surface area contributed by atoms with Gasteiger partial charge in [0.2, 0.25) is 0 Å². The van der Waals surface area contributed by atoms with Gasteiger partial charge in [-0.05, 0) is 13.0 Å². The van der Waals surface area contributed by atoms with Crippen molar-refractivity contribution in [2.45, 2.75) is 18.6 Å². The number of carbonyl (C=O) groups is 1. The first-order valence-electron chi connectivity index (χ1n) is 3.72. The summed E-state index contributed by atoms with van der Waals surface area (Å²) >= 11 is 3.44. The van der Waals surface area contributed by atoms with Gasteiger partial charge in [0, 0.05) is 6.54 Å². The van der Waals surface area contributed by atoms with Crippen LogP contribution in [-0.4, -0.2) is 45.9 Å². The molecule has 6 heteroatoms. The summed E-state index contributed by atoms with van der Waals surface area (Å²) in [5, 5.41) is 21.2. The average Bonchev–Trinajstić information content (AvgIpc) is 2.04. The summed E-state index contributed by atoms with van der Waals surface area (Å²) in [6.07, 6.45) is -0.143. The number of hydrogen-bond acceptors (Lipinski definition) is 4. The number of aliphatic hydroxyl groups excluding tert-OH is 1. The number of amides is 1. The third-order valence-corrected chi connectivity index (χ3v) is 2.13. The molecule has 0 aromatic heterocycles. The minimum atomic E-state index is -0.747. The van der Waals surface area contributed by atoms with Crippen LogP contribution in [0.25, 0.3) is 0 Å². The molecule has 0 aromatic rings. The van der Waals surface area contributed by atoms with Crippen LogP contribution in [0.1, 0.15) is 6.42 Å². The molecule has 1 saturated heterocycles. The van der Waals surface area contributed by atoms with Gasteiger partial charge in [-0.3, -0.25) is 10.0 Å². The topological polar surface area (TPSA) is 72.8 Å². The predicted molar refractivity (Wildman–Crippen MR) is 45.3 cm³/mol. The Morgan fingerprint density at radius 1 is 1.67 bits per heavy atom. The van der Waals surface area contributed by atoms with E-state index in [4.69, 9.17) is 5.21 Å². The van der Waals surface area contributed by atoms with Crippen LogP contribution in [0, 0.1) is 0 Å². The maximum Gasteiger partial charge on any atom is 0.302 e. The molecule has 0 aromatic carbocycles. The second-order valence-electron chi connectivity index (χ2n) is 2.75. The van der Waals surface area contributed by atoms with E-state index in [1.54, 1.807) is 0 Å². The van der Waals surface area contributed by atoms with E-state index in [0.717, 1.165) is 0 Å². The summed E-state index contributed by atoms with van der Waals surface area (Å²) in [6.45, 7) is 1.09. The van der Waals surface area contributed by atoms with Gasteiger partial charge in [-0.1, -0.05) is 12.6 Å². The highest BCUT2D eigenvalue weighted by Crippen LogP contribution is 2.10. The first-order valence-corrected chi connectivity index (χ1v) is 4.17. The molecule has 1 aliphatic rings. The zero-order valence-electron chi connectivity index (χ0n) is 6.47. The number of hydroxylamine groups is 2. The Kier molecular flexibility index (Phi) is 3.33. The highest BCUT2D eigenvalue weighted by molar-refractivity contribution is 7.96. The molecule has 2 atom stereocenters. The van der Waals surface area contributed by atoms with E-state index in [1.807, 2.05) is 0 Å². The fourth-order valence-electron chi connectivity index (χ4n) is 1.22. The zero-order chi connectivity index (χ0) is 9.14. The van der Waals surface area contributed by atoms with Gasteiger partial charge in [0.15, 0.2) is 0 Å². The Morgan fingerprint density at radius 3 is 2.83 bits per heavy atom. The third kappa shape index (κ3) is 2.10. The van der Waals surface area contributed by atoms with Gasteiger partial charge >= 0.3 is 5.24 Å². The van der Waals surface area contributed by atoms with E-state index < -0.39 is 17.4 Å². The van der Waals surface area contributed by atoms with Crippen molar-refractivity contribution < 1.29 is 15.1 Å². The molecule has 0 aliphatic carbocycles. The lowest BCUT2D eigenvalue weighted by atomic mass is 10.0. The molecule has 1 heterocycles. The molecule has 70 valence electrons. The van der Waals surface area contributed by atoms with Crippen molar-refractivity contribution in [2.24, 2.45) is 0 Å². The number of aliphatic hydroxyl groups is 1. The number of rotatable bonds is 1. The minimum Gasteiger partial charge on any atom is -0.391 e. The van der Waals surface area contributed by atoms with Crippen LogP contribution in [0.3, 0.4) is 0 Å². The molecule has 0 bridgehead atoms. The second-order valence-corrected chi connectivity index (χ2v) is 3.14. The van der Waals surface area contributed by atoms with Crippen molar-refractivity contribution in [3.8, 4) is 0 Å². The van der Waals surface area contributed by atoms with Crippen LogP contribution in [0.2, 0.25) is 0 Å². The molecule has 2 unspecified atom stereocenters. The number of piperidine rings is 1. The maximum absolute atomic E-state index is 10.6. The normalized spacial score (nSPS) is 29.9. The van der Waals surface area contributed by atoms with Gasteiger partial charge in [0.05, 0.1) is 12.1 Å². The van der Waals surface area contributed by atoms with Gasteiger partial charge in [0.25, 0.3) is 0 Å². The van der Waals surface area contributed by atoms with E-state index in [2.05, 4.69) is 17.9 Å². The largest absolute Gasteiger partial charge is 0.391 e. The van der Waals surface area contributed by atoms with Crippen LogP contribution in [0.15, 0.2) is 0 Å². The molecular weight excluding hydrogens is 180 g/mol. The van der Waals surface area contributed by atoms with Gasteiger partial charge in [0.1, 0.15) is 0 Å². The van der Waals surface area contributed by atoms with Crippen molar-refractivity contribution in [3.05, 3.63) is 0 Å². The Bertz CT molecular complexity index is 178. The molecular formula is C6H12N2O3S. The predicted octanol–water partition coefficient (Wildman–Crippen LogP) is -0.550. The molecule has 1 aliphatic heterocycles. The van der Waals surface area contributed by atoms with E-state index in [-0.39, 0.29) is 0 Å². The van der Waals surface area contributed by atoms with Crippen molar-refractivity contribution in [2.75, 3.05) is 13.1 Å². The number of hydrogen-bond donors (Lipinski definition) is 4. The fraction of sp³-hybridized carbons (Fsp3) is 0.833. The van der Waals surface area contributed by atoms with Crippen LogP contribution in [-0.2, 0) is 0 Å². The molecule has 1 amide bonds. The number of thiol groups is 1. The van der Waals surface area contributed by atoms with E-state index in [0.29, 0.717) is 24.6 Å². The maximum atomic E-state index is 10.6. The van der Waals surface area contributed by atoms with Gasteiger partial charge in [-0.25, -0.2) is 5.06 Å². The first-order chi connectivity index (χ1) is 5.63. The molecule has 0 saturated carbocycles. The molecule has 0 radical (unpaired) electrons. The third-order valence-electron chi connectivity index (χ3n) is 1.92. The molecule has 5 nitrogen and oxygen atoms in total. The number of carbonyl (C=O) groups excluding carboxylic acids is 1. The van der Waals surface area contributed by atoms with Crippen molar-refractivity contribution in [3.63, 3.8) is 0 Å². The van der Waals surface area contributed by atoms with E-state index >= 15 is 0 Å². The van der Waals surface area contributed by atoms with E-state index in [9.17, 15) is 9.90 Å². The Morgan fingerprint density at radius 2 is 2.33 bits per heavy atom. The second kappa shape index (κ2) is 4.08. The Labute approximate surface area is 75.7 Å². The monoisotopic (exact) mass is 192 g/mol. The molecule has 0 spiro atoms. The lowest BCUT2D eigenvalue weighted by Gasteiger charge is -2.32. The number of nitrogens with zero attached hydrogens (tertiary/aromatic N) is 1. The van der Waals surface area contributed by atoms with Crippen molar-refractivity contribution in [1.29, 1.82) is 0 Å². The van der Waals surface area contributed by atoms with Crippen molar-refractivity contribution in [1.82, 2.24) is 10.4 Å². The zero-order valence-corrected chi connectivity index (χ0v) is 7.37. The summed E-state index contributed by atoms with van der Waals surface area (Å²) in [4.78, 5) is 10.6. The fourth-order valence-corrected chi connectivity index (χ4v) is 1.37. The average molecular weight is 192 g/mol. The lowest BCUT2D eigenvalue weighted by Crippen LogP contribution is -2.53. The van der Waals surface area contributed by atoms with Gasteiger partial charge in [-0.2, -0.15) is 0 Å². The molecule has 1 rings (SSSR count). The Balaban J connectivity index is 2.53. The standard InChI is InChI=1S/C6H12N2O3S/c9-5-1-2-7-3-4(5)8(11)6(10)12/h4-5,7,9,11H,1-3H2,(H,10,12). The quantitative estimate of drug-likeness (QED) is 0.255. The van der Waals surface area contributed by atoms with Crippen molar-refractivity contribution >= 4 is 17.9 Å². The minimum absolute atomic E-state index is 0.393. The summed E-state index contributed by atoms with van der Waals surface area (Å²) in [7, 11) is 0. The lowest BCUT2D eigenvalue weighted by molar-refractivity contribution is -0.109. The highest BCUT2D eigenvalue weighted by Gasteiger charge is 2.29. The highest BCUT2D eigenvalue weighted by atomic mass is 32.1. The van der Waals surface area contributed by atoms with Crippen LogP contribution < -0.4 is 5.32 Å². The van der Waals surface area contributed by atoms with E-state index in [1.165, 1.54) is 0 Å². The first kappa shape index (κ1) is 9.79. The smallest absolute Gasteiger partial charge is 0.302 e. The molecule has 3 N–H and O–H groups in total.